The Morgan fingerprint density at radius 2 is 1.70 bits per heavy atom. The summed E-state index contributed by atoms with van der Waals surface area (Å²) in [6, 6.07) is 0.545. The highest BCUT2D eigenvalue weighted by Gasteiger charge is 2.09. The van der Waals surface area contributed by atoms with Gasteiger partial charge in [0.2, 0.25) is 10.0 Å². The average Bonchev–Trinajstić information content (AvgIpc) is 2.37. The van der Waals surface area contributed by atoms with Gasteiger partial charge in [0.1, 0.15) is 0 Å². The first kappa shape index (κ1) is 19.8. The van der Waals surface area contributed by atoms with Gasteiger partial charge in [-0.05, 0) is 66.2 Å². The molecule has 0 spiro atoms. The molecular weight excluding hydrogens is 274 g/mol. The number of hydrogen-bond donors (Lipinski definition) is 2. The lowest BCUT2D eigenvalue weighted by Gasteiger charge is -2.20. The summed E-state index contributed by atoms with van der Waals surface area (Å²) in [5, 5.41) is 3.19. The Bertz CT molecular complexity index is 318. The van der Waals surface area contributed by atoms with E-state index >= 15 is 0 Å². The molecule has 0 rings (SSSR count). The summed E-state index contributed by atoms with van der Waals surface area (Å²) in [5.74, 6) is 0.240. The monoisotopic (exact) mass is 307 g/mol. The number of sulfonamides is 1. The van der Waals surface area contributed by atoms with Crippen LogP contribution in [0.3, 0.4) is 0 Å². The number of nitrogens with one attached hydrogen (secondary N) is 2. The summed E-state index contributed by atoms with van der Waals surface area (Å²) in [6.07, 6.45) is 3.55. The van der Waals surface area contributed by atoms with Gasteiger partial charge in [0.15, 0.2) is 0 Å². The average molecular weight is 308 g/mol. The fourth-order valence-corrected chi connectivity index (χ4v) is 2.95. The maximum Gasteiger partial charge on any atom is 0.211 e. The Morgan fingerprint density at radius 3 is 2.30 bits per heavy atom. The smallest absolute Gasteiger partial charge is 0.211 e. The molecule has 0 aliphatic heterocycles. The van der Waals surface area contributed by atoms with Crippen LogP contribution in [0.5, 0.6) is 0 Å². The number of unbranched alkanes of at least 4 members (excludes halogenated alkanes) is 2. The molecule has 2 N–H and O–H groups in total. The lowest BCUT2D eigenvalue weighted by Crippen LogP contribution is -2.30. The van der Waals surface area contributed by atoms with Crippen molar-refractivity contribution in [3.8, 4) is 0 Å². The molecule has 0 unspecified atom stereocenters. The first-order chi connectivity index (χ1) is 9.39. The van der Waals surface area contributed by atoms with Gasteiger partial charge in [0.25, 0.3) is 0 Å². The van der Waals surface area contributed by atoms with E-state index in [0.29, 0.717) is 12.6 Å². The van der Waals surface area contributed by atoms with Gasteiger partial charge in [-0.15, -0.1) is 0 Å². The molecule has 0 radical (unpaired) electrons. The minimum atomic E-state index is -3.08. The number of nitrogens with zero attached hydrogens (tertiary/aromatic N) is 1. The van der Waals surface area contributed by atoms with Gasteiger partial charge in [-0.1, -0.05) is 6.92 Å². The van der Waals surface area contributed by atoms with Crippen LogP contribution < -0.4 is 10.0 Å². The van der Waals surface area contributed by atoms with Crippen molar-refractivity contribution in [2.45, 2.75) is 52.5 Å². The van der Waals surface area contributed by atoms with Gasteiger partial charge < -0.3 is 10.2 Å². The van der Waals surface area contributed by atoms with Crippen molar-refractivity contribution in [3.05, 3.63) is 0 Å². The van der Waals surface area contributed by atoms with E-state index in [4.69, 9.17) is 0 Å². The zero-order valence-electron chi connectivity index (χ0n) is 13.6. The Labute approximate surface area is 125 Å². The Kier molecular flexibility index (Phi) is 11.4. The summed E-state index contributed by atoms with van der Waals surface area (Å²) >= 11 is 0. The van der Waals surface area contributed by atoms with Gasteiger partial charge in [-0.3, -0.25) is 0 Å². The highest BCUT2D eigenvalue weighted by atomic mass is 32.2. The molecule has 0 aromatic carbocycles. The van der Waals surface area contributed by atoms with Gasteiger partial charge in [-0.25, -0.2) is 13.1 Å². The SMILES string of the molecule is CCNCCCCS(=O)(=O)NCCCCN(C)C(C)C. The second-order valence-electron chi connectivity index (χ2n) is 5.56. The van der Waals surface area contributed by atoms with Crippen molar-refractivity contribution < 1.29 is 8.42 Å². The molecule has 20 heavy (non-hydrogen) atoms. The van der Waals surface area contributed by atoms with E-state index in [1.54, 1.807) is 0 Å². The van der Waals surface area contributed by atoms with E-state index in [9.17, 15) is 8.42 Å². The highest BCUT2D eigenvalue weighted by Crippen LogP contribution is 1.99. The van der Waals surface area contributed by atoms with Crippen LogP contribution in [-0.4, -0.2) is 58.3 Å². The van der Waals surface area contributed by atoms with Crippen LogP contribution in [0, 0.1) is 0 Å². The summed E-state index contributed by atoms with van der Waals surface area (Å²) in [7, 11) is -0.981. The van der Waals surface area contributed by atoms with E-state index in [1.807, 2.05) is 0 Å². The number of hydrogen-bond acceptors (Lipinski definition) is 4. The van der Waals surface area contributed by atoms with Crippen LogP contribution in [0.15, 0.2) is 0 Å². The van der Waals surface area contributed by atoms with Gasteiger partial charge in [0, 0.05) is 12.6 Å². The first-order valence-electron chi connectivity index (χ1n) is 7.77. The third kappa shape index (κ3) is 11.6. The third-order valence-electron chi connectivity index (χ3n) is 3.41. The molecule has 0 fully saturated rings. The van der Waals surface area contributed by atoms with Crippen LogP contribution in [0.4, 0.5) is 0 Å². The van der Waals surface area contributed by atoms with Crippen molar-refractivity contribution in [1.29, 1.82) is 0 Å². The van der Waals surface area contributed by atoms with Crippen LogP contribution >= 0.6 is 0 Å². The second kappa shape index (κ2) is 11.5. The summed E-state index contributed by atoms with van der Waals surface area (Å²) in [6.45, 7) is 9.79. The van der Waals surface area contributed by atoms with Crippen LogP contribution in [0.1, 0.15) is 46.5 Å². The van der Waals surface area contributed by atoms with Crippen LogP contribution in [-0.2, 0) is 10.0 Å². The van der Waals surface area contributed by atoms with Crippen LogP contribution in [0.25, 0.3) is 0 Å². The Balaban J connectivity index is 3.57. The summed E-state index contributed by atoms with van der Waals surface area (Å²) < 4.78 is 26.1. The molecule has 0 bridgehead atoms. The normalized spacial score (nSPS) is 12.5. The van der Waals surface area contributed by atoms with E-state index in [2.05, 4.69) is 42.8 Å². The molecule has 0 saturated carbocycles. The van der Waals surface area contributed by atoms with E-state index in [1.165, 1.54) is 0 Å². The minimum Gasteiger partial charge on any atom is -0.317 e. The van der Waals surface area contributed by atoms with Crippen molar-refractivity contribution in [2.24, 2.45) is 0 Å². The van der Waals surface area contributed by atoms with E-state index in [-0.39, 0.29) is 5.75 Å². The lowest BCUT2D eigenvalue weighted by molar-refractivity contribution is 0.268. The zero-order chi connectivity index (χ0) is 15.4. The summed E-state index contributed by atoms with van der Waals surface area (Å²) in [5.41, 5.74) is 0. The second-order valence-corrected chi connectivity index (χ2v) is 7.48. The Hall–Kier alpha value is -0.170. The largest absolute Gasteiger partial charge is 0.317 e. The molecule has 0 atom stereocenters. The topological polar surface area (TPSA) is 61.4 Å². The van der Waals surface area contributed by atoms with E-state index < -0.39 is 10.0 Å². The minimum absolute atomic E-state index is 0.240. The molecular formula is C14H33N3O2S. The number of rotatable bonds is 13. The molecule has 0 aliphatic rings. The molecule has 0 aromatic rings. The predicted octanol–water partition coefficient (Wildman–Crippen LogP) is 1.42. The van der Waals surface area contributed by atoms with Gasteiger partial charge in [0.05, 0.1) is 5.75 Å². The van der Waals surface area contributed by atoms with Crippen LogP contribution in [0.2, 0.25) is 0 Å². The molecule has 122 valence electrons. The lowest BCUT2D eigenvalue weighted by atomic mass is 10.2. The maximum absolute atomic E-state index is 11.7. The molecule has 5 nitrogen and oxygen atoms in total. The Morgan fingerprint density at radius 1 is 1.05 bits per heavy atom. The quantitative estimate of drug-likeness (QED) is 0.505. The predicted molar refractivity (Wildman–Crippen MR) is 86.6 cm³/mol. The zero-order valence-corrected chi connectivity index (χ0v) is 14.4. The van der Waals surface area contributed by atoms with Gasteiger partial charge >= 0.3 is 0 Å². The van der Waals surface area contributed by atoms with Crippen molar-refractivity contribution in [3.63, 3.8) is 0 Å². The molecule has 0 amide bonds. The summed E-state index contributed by atoms with van der Waals surface area (Å²) in [4.78, 5) is 2.27. The molecule has 0 saturated heterocycles. The maximum atomic E-state index is 11.7. The first-order valence-corrected chi connectivity index (χ1v) is 9.42. The molecule has 0 aromatic heterocycles. The fraction of sp³-hybridized carbons (Fsp3) is 1.00. The third-order valence-corrected chi connectivity index (χ3v) is 4.88. The van der Waals surface area contributed by atoms with E-state index in [0.717, 1.165) is 45.3 Å². The van der Waals surface area contributed by atoms with Crippen molar-refractivity contribution >= 4 is 10.0 Å². The van der Waals surface area contributed by atoms with Crippen molar-refractivity contribution in [1.82, 2.24) is 14.9 Å². The standard InChI is InChI=1S/C14H33N3O2S/c1-5-15-10-7-9-13-20(18,19)16-11-6-8-12-17(4)14(2)3/h14-16H,5-13H2,1-4H3. The van der Waals surface area contributed by atoms with Crippen molar-refractivity contribution in [2.75, 3.05) is 39.0 Å². The fourth-order valence-electron chi connectivity index (χ4n) is 1.76. The van der Waals surface area contributed by atoms with Gasteiger partial charge in [-0.2, -0.15) is 0 Å². The molecule has 0 aliphatic carbocycles. The molecule has 0 heterocycles. The molecule has 6 heteroatoms. The highest BCUT2D eigenvalue weighted by molar-refractivity contribution is 7.89.